The Morgan fingerprint density at radius 3 is 2.95 bits per heavy atom. The summed E-state index contributed by atoms with van der Waals surface area (Å²) >= 11 is 0. The minimum Gasteiger partial charge on any atom is -0.399 e. The molecule has 20 heavy (non-hydrogen) atoms. The van der Waals surface area contributed by atoms with Crippen molar-refractivity contribution in [2.75, 3.05) is 5.73 Å². The number of nitrogens with zero attached hydrogens (tertiary/aromatic N) is 4. The van der Waals surface area contributed by atoms with Gasteiger partial charge in [0.25, 0.3) is 0 Å². The molecule has 3 rings (SSSR count). The Hall–Kier alpha value is -1.91. The molecule has 1 aromatic carbocycles. The zero-order valence-corrected chi connectivity index (χ0v) is 11.9. The zero-order chi connectivity index (χ0) is 13.9. The van der Waals surface area contributed by atoms with Crippen LogP contribution in [0.3, 0.4) is 0 Å². The molecule has 5 heteroatoms. The van der Waals surface area contributed by atoms with E-state index in [-0.39, 0.29) is 0 Å². The number of nitrogen functional groups attached to an aromatic ring is 1. The maximum Gasteiger partial charge on any atom is 0.182 e. The number of aromatic nitrogens is 4. The number of nitrogens with two attached hydrogens (primary N) is 1. The summed E-state index contributed by atoms with van der Waals surface area (Å²) in [5.74, 6) is 1.51. The van der Waals surface area contributed by atoms with Crippen LogP contribution in [0, 0.1) is 5.92 Å². The third kappa shape index (κ3) is 2.40. The summed E-state index contributed by atoms with van der Waals surface area (Å²) in [6.45, 7) is 2.26. The van der Waals surface area contributed by atoms with Gasteiger partial charge in [0, 0.05) is 11.3 Å². The molecule has 1 aromatic heterocycles. The van der Waals surface area contributed by atoms with Crippen LogP contribution in [0.4, 0.5) is 5.69 Å². The molecule has 2 aromatic rings. The summed E-state index contributed by atoms with van der Waals surface area (Å²) < 4.78 is 2.02. The Kier molecular flexibility index (Phi) is 3.67. The van der Waals surface area contributed by atoms with E-state index in [0.717, 1.165) is 17.1 Å². The van der Waals surface area contributed by atoms with Crippen molar-refractivity contribution in [1.82, 2.24) is 20.2 Å². The van der Waals surface area contributed by atoms with Crippen LogP contribution in [0.5, 0.6) is 0 Å². The number of anilines is 1. The van der Waals surface area contributed by atoms with E-state index < -0.39 is 0 Å². The fraction of sp³-hybridized carbons (Fsp3) is 0.533. The number of hydrogen-bond acceptors (Lipinski definition) is 4. The predicted octanol–water partition coefficient (Wildman–Crippen LogP) is 3.06. The highest BCUT2D eigenvalue weighted by Gasteiger charge is 2.28. The second-order valence-electron chi connectivity index (χ2n) is 5.59. The Labute approximate surface area is 119 Å². The smallest absolute Gasteiger partial charge is 0.182 e. The summed E-state index contributed by atoms with van der Waals surface area (Å²) in [5.41, 5.74) is 7.61. The normalized spacial score (nSPS) is 22.9. The fourth-order valence-corrected chi connectivity index (χ4v) is 3.27. The molecule has 0 bridgehead atoms. The number of benzene rings is 1. The van der Waals surface area contributed by atoms with E-state index in [0.29, 0.717) is 12.0 Å². The maximum atomic E-state index is 5.87. The lowest BCUT2D eigenvalue weighted by Crippen LogP contribution is -2.24. The average molecular weight is 271 g/mol. The van der Waals surface area contributed by atoms with E-state index in [1.54, 1.807) is 0 Å². The summed E-state index contributed by atoms with van der Waals surface area (Å²) in [7, 11) is 0. The van der Waals surface area contributed by atoms with E-state index in [4.69, 9.17) is 5.73 Å². The molecule has 106 valence electrons. The third-order valence-corrected chi connectivity index (χ3v) is 4.35. The van der Waals surface area contributed by atoms with E-state index in [9.17, 15) is 0 Å². The predicted molar refractivity (Wildman–Crippen MR) is 79.0 cm³/mol. The molecule has 1 fully saturated rings. The van der Waals surface area contributed by atoms with Gasteiger partial charge in [-0.05, 0) is 41.3 Å². The van der Waals surface area contributed by atoms with Gasteiger partial charge in [-0.2, -0.15) is 0 Å². The molecule has 1 aliphatic rings. The highest BCUT2D eigenvalue weighted by atomic mass is 15.5. The summed E-state index contributed by atoms with van der Waals surface area (Å²) in [6, 6.07) is 8.20. The van der Waals surface area contributed by atoms with E-state index in [1.165, 1.54) is 32.1 Å². The molecule has 0 aliphatic heterocycles. The molecule has 0 radical (unpaired) electrons. The van der Waals surface area contributed by atoms with Crippen LogP contribution in [0.2, 0.25) is 0 Å². The lowest BCUT2D eigenvalue weighted by molar-refractivity contribution is 0.216. The fourth-order valence-electron chi connectivity index (χ4n) is 3.27. The maximum absolute atomic E-state index is 5.87. The van der Waals surface area contributed by atoms with Crippen molar-refractivity contribution in [3.63, 3.8) is 0 Å². The van der Waals surface area contributed by atoms with Crippen LogP contribution in [0.1, 0.15) is 45.1 Å². The van der Waals surface area contributed by atoms with Crippen LogP contribution in [0.25, 0.3) is 11.4 Å². The number of rotatable bonds is 3. The minimum atomic E-state index is 0.417. The highest BCUT2D eigenvalue weighted by molar-refractivity contribution is 5.60. The van der Waals surface area contributed by atoms with Crippen LogP contribution in [0.15, 0.2) is 24.3 Å². The van der Waals surface area contributed by atoms with Gasteiger partial charge < -0.3 is 5.73 Å². The molecule has 1 heterocycles. The first-order valence-corrected chi connectivity index (χ1v) is 7.43. The van der Waals surface area contributed by atoms with Gasteiger partial charge in [-0.3, -0.25) is 0 Å². The first-order chi connectivity index (χ1) is 9.79. The van der Waals surface area contributed by atoms with Gasteiger partial charge in [0.15, 0.2) is 5.82 Å². The Bertz CT molecular complexity index is 577. The second-order valence-corrected chi connectivity index (χ2v) is 5.59. The van der Waals surface area contributed by atoms with Crippen molar-refractivity contribution in [2.45, 2.75) is 45.1 Å². The lowest BCUT2D eigenvalue weighted by Gasteiger charge is -2.31. The van der Waals surface area contributed by atoms with E-state index in [1.807, 2.05) is 28.9 Å². The molecule has 1 saturated carbocycles. The Balaban J connectivity index is 1.97. The molecule has 0 amide bonds. The quantitative estimate of drug-likeness (QED) is 0.871. The summed E-state index contributed by atoms with van der Waals surface area (Å²) in [4.78, 5) is 0. The second kappa shape index (κ2) is 5.61. The number of tetrazole rings is 1. The van der Waals surface area contributed by atoms with Gasteiger partial charge in [0.1, 0.15) is 0 Å². The van der Waals surface area contributed by atoms with Crippen LogP contribution in [-0.4, -0.2) is 20.2 Å². The van der Waals surface area contributed by atoms with Crippen molar-refractivity contribution in [3.05, 3.63) is 24.3 Å². The minimum absolute atomic E-state index is 0.417. The Morgan fingerprint density at radius 1 is 1.30 bits per heavy atom. The molecule has 5 nitrogen and oxygen atoms in total. The molecule has 0 spiro atoms. The van der Waals surface area contributed by atoms with E-state index >= 15 is 0 Å². The topological polar surface area (TPSA) is 69.6 Å². The van der Waals surface area contributed by atoms with Crippen LogP contribution in [-0.2, 0) is 0 Å². The van der Waals surface area contributed by atoms with Gasteiger partial charge in [0.05, 0.1) is 6.04 Å². The average Bonchev–Trinajstić information content (AvgIpc) is 2.96. The van der Waals surface area contributed by atoms with Gasteiger partial charge in [-0.25, -0.2) is 4.68 Å². The van der Waals surface area contributed by atoms with Gasteiger partial charge in [-0.1, -0.05) is 38.3 Å². The summed E-state index contributed by atoms with van der Waals surface area (Å²) in [5, 5.41) is 12.4. The van der Waals surface area contributed by atoms with Gasteiger partial charge in [-0.15, -0.1) is 5.10 Å². The van der Waals surface area contributed by atoms with Crippen molar-refractivity contribution < 1.29 is 0 Å². The number of hydrogen-bond donors (Lipinski definition) is 1. The molecule has 1 aliphatic carbocycles. The molecular formula is C15H21N5. The summed E-state index contributed by atoms with van der Waals surface area (Å²) in [6.07, 6.45) is 6.21. The largest absolute Gasteiger partial charge is 0.399 e. The zero-order valence-electron chi connectivity index (χ0n) is 11.9. The molecule has 0 saturated heterocycles. The molecule has 2 N–H and O–H groups in total. The first kappa shape index (κ1) is 13.1. The van der Waals surface area contributed by atoms with Crippen molar-refractivity contribution in [1.29, 1.82) is 0 Å². The SMILES string of the molecule is CCC1CCCCC1n1nnnc1-c1cccc(N)c1. The first-order valence-electron chi connectivity index (χ1n) is 7.43. The monoisotopic (exact) mass is 271 g/mol. The third-order valence-electron chi connectivity index (χ3n) is 4.35. The van der Waals surface area contributed by atoms with E-state index in [2.05, 4.69) is 22.4 Å². The standard InChI is InChI=1S/C15H21N5/c1-2-11-6-3-4-9-14(11)20-15(17-18-19-20)12-7-5-8-13(16)10-12/h5,7-8,10-11,14H,2-4,6,9,16H2,1H3. The van der Waals surface area contributed by atoms with Gasteiger partial charge >= 0.3 is 0 Å². The lowest BCUT2D eigenvalue weighted by atomic mass is 9.83. The van der Waals surface area contributed by atoms with Crippen LogP contribution < -0.4 is 5.73 Å². The van der Waals surface area contributed by atoms with Crippen molar-refractivity contribution in [2.24, 2.45) is 5.92 Å². The Morgan fingerprint density at radius 2 is 2.15 bits per heavy atom. The van der Waals surface area contributed by atoms with Crippen LogP contribution >= 0.6 is 0 Å². The highest BCUT2D eigenvalue weighted by Crippen LogP contribution is 2.37. The molecular weight excluding hydrogens is 250 g/mol. The van der Waals surface area contributed by atoms with Crippen molar-refractivity contribution >= 4 is 5.69 Å². The van der Waals surface area contributed by atoms with Crippen molar-refractivity contribution in [3.8, 4) is 11.4 Å². The molecule has 2 atom stereocenters. The molecule has 2 unspecified atom stereocenters. The van der Waals surface area contributed by atoms with Gasteiger partial charge in [0.2, 0.25) is 0 Å².